The minimum Gasteiger partial charge on any atom is -0.480 e. The number of rotatable bonds is 12. The van der Waals surface area contributed by atoms with Gasteiger partial charge in [-0.25, -0.2) is 9.59 Å². The minimum atomic E-state index is -1.08. The number of hydrogen-bond acceptors (Lipinski definition) is 5. The van der Waals surface area contributed by atoms with Crippen LogP contribution in [0.5, 0.6) is 0 Å². The number of carbonyl (C=O) groups excluding carboxylic acids is 2. The summed E-state index contributed by atoms with van der Waals surface area (Å²) >= 11 is 0. The summed E-state index contributed by atoms with van der Waals surface area (Å²) in [5.74, 6) is -1.34. The largest absolute Gasteiger partial charge is 0.480 e. The molecule has 0 aliphatic carbocycles. The zero-order chi connectivity index (χ0) is 25.9. The van der Waals surface area contributed by atoms with E-state index in [4.69, 9.17) is 5.73 Å². The summed E-state index contributed by atoms with van der Waals surface area (Å²) in [7, 11) is 0. The van der Waals surface area contributed by atoms with Crippen molar-refractivity contribution in [1.82, 2.24) is 15.1 Å². The van der Waals surface area contributed by atoms with Gasteiger partial charge in [-0.15, -0.1) is 12.4 Å². The average Bonchev–Trinajstić information content (AvgIpc) is 3.39. The first-order valence-corrected chi connectivity index (χ1v) is 12.5. The van der Waals surface area contributed by atoms with E-state index < -0.39 is 30.2 Å². The molecule has 1 fully saturated rings. The average molecular weight is 533 g/mol. The van der Waals surface area contributed by atoms with E-state index >= 15 is 0 Å². The Morgan fingerprint density at radius 3 is 2.32 bits per heavy atom. The molecule has 9 nitrogen and oxygen atoms in total. The molecule has 10 heteroatoms. The van der Waals surface area contributed by atoms with Crippen LogP contribution in [0, 0.1) is 0 Å². The van der Waals surface area contributed by atoms with E-state index in [9.17, 15) is 24.6 Å². The molecule has 2 aromatic rings. The number of unbranched alkanes of at least 4 members (excludes halogenated alkanes) is 1. The summed E-state index contributed by atoms with van der Waals surface area (Å²) in [4.78, 5) is 40.8. The molecule has 2 unspecified atom stereocenters. The number of amides is 3. The lowest BCUT2D eigenvalue weighted by Crippen LogP contribution is -2.54. The second-order valence-electron chi connectivity index (χ2n) is 9.12. The molecule has 0 saturated carbocycles. The van der Waals surface area contributed by atoms with Gasteiger partial charge in [0.05, 0.1) is 18.7 Å². The highest BCUT2D eigenvalue weighted by atomic mass is 35.5. The number of carboxylic acids is 1. The van der Waals surface area contributed by atoms with Gasteiger partial charge in [-0.2, -0.15) is 0 Å². The molecule has 3 atom stereocenters. The zero-order valence-electron chi connectivity index (χ0n) is 20.9. The Bertz CT molecular complexity index is 995. The Kier molecular flexibility index (Phi) is 12.4. The number of benzene rings is 2. The molecule has 5 N–H and O–H groups in total. The highest BCUT2D eigenvalue weighted by Gasteiger charge is 2.37. The normalized spacial score (nSPS) is 16.4. The van der Waals surface area contributed by atoms with Gasteiger partial charge in [0, 0.05) is 18.7 Å². The first kappa shape index (κ1) is 30.1. The van der Waals surface area contributed by atoms with Gasteiger partial charge in [0.25, 0.3) is 5.91 Å². The predicted octanol–water partition coefficient (Wildman–Crippen LogP) is 2.52. The summed E-state index contributed by atoms with van der Waals surface area (Å²) in [6.07, 6.45) is 1.63. The third kappa shape index (κ3) is 8.73. The van der Waals surface area contributed by atoms with Gasteiger partial charge in [0.2, 0.25) is 0 Å². The maximum absolute atomic E-state index is 13.4. The van der Waals surface area contributed by atoms with E-state index in [-0.39, 0.29) is 24.9 Å². The fourth-order valence-electron chi connectivity index (χ4n) is 4.49. The number of aliphatic carboxylic acids is 1. The topological polar surface area (TPSA) is 136 Å². The number of nitrogens with zero attached hydrogens (tertiary/aromatic N) is 2. The van der Waals surface area contributed by atoms with Crippen molar-refractivity contribution in [3.63, 3.8) is 0 Å². The second kappa shape index (κ2) is 15.2. The van der Waals surface area contributed by atoms with Gasteiger partial charge in [-0.3, -0.25) is 4.79 Å². The number of likely N-dealkylation sites (tertiary alicyclic amines) is 1. The van der Waals surface area contributed by atoms with Crippen LogP contribution in [-0.2, 0) is 11.2 Å². The fourth-order valence-corrected chi connectivity index (χ4v) is 4.49. The molecule has 0 spiro atoms. The molecule has 1 aliphatic heterocycles. The fraction of sp³-hybridized carbons (Fsp3) is 0.444. The number of carboxylic acid groups (broad SMARTS) is 1. The second-order valence-corrected chi connectivity index (χ2v) is 9.12. The number of aliphatic hydroxyl groups is 1. The molecule has 3 amide bonds. The molecule has 0 bridgehead atoms. The SMILES string of the molecule is Cl.NCCCCN(CC(O)C(Cc1ccccc1)NC(=O)c1ccccc1)C(=O)N1CCC[C@H]1C(=O)O. The quantitative estimate of drug-likeness (QED) is 0.310. The molecular formula is C27H37ClN4O5. The van der Waals surface area contributed by atoms with Crippen LogP contribution in [0.3, 0.4) is 0 Å². The lowest BCUT2D eigenvalue weighted by molar-refractivity contribution is -0.141. The Hall–Kier alpha value is -3.14. The molecule has 37 heavy (non-hydrogen) atoms. The summed E-state index contributed by atoms with van der Waals surface area (Å²) < 4.78 is 0. The number of aliphatic hydroxyl groups excluding tert-OH is 1. The van der Waals surface area contributed by atoms with Gasteiger partial charge in [-0.05, 0) is 56.3 Å². The van der Waals surface area contributed by atoms with Crippen LogP contribution < -0.4 is 11.1 Å². The summed E-state index contributed by atoms with van der Waals surface area (Å²) in [6, 6.07) is 16.3. The number of carbonyl (C=O) groups is 3. The maximum atomic E-state index is 13.4. The maximum Gasteiger partial charge on any atom is 0.326 e. The van der Waals surface area contributed by atoms with Crippen LogP contribution in [0.15, 0.2) is 60.7 Å². The Morgan fingerprint density at radius 2 is 1.70 bits per heavy atom. The summed E-state index contributed by atoms with van der Waals surface area (Å²) in [5, 5.41) is 23.8. The third-order valence-corrected chi connectivity index (χ3v) is 6.46. The van der Waals surface area contributed by atoms with Gasteiger partial charge < -0.3 is 31.1 Å². The van der Waals surface area contributed by atoms with Crippen LogP contribution in [-0.4, -0.2) is 82.3 Å². The minimum absolute atomic E-state index is 0. The lowest BCUT2D eigenvalue weighted by Gasteiger charge is -2.34. The Balaban J connectivity index is 0.00000481. The van der Waals surface area contributed by atoms with Crippen LogP contribution in [0.2, 0.25) is 0 Å². The first-order valence-electron chi connectivity index (χ1n) is 12.5. The van der Waals surface area contributed by atoms with E-state index in [0.29, 0.717) is 57.3 Å². The van der Waals surface area contributed by atoms with Gasteiger partial charge >= 0.3 is 12.0 Å². The molecule has 1 aliphatic rings. The van der Waals surface area contributed by atoms with Crippen molar-refractivity contribution in [2.24, 2.45) is 5.73 Å². The smallest absolute Gasteiger partial charge is 0.326 e. The number of hydrogen-bond donors (Lipinski definition) is 4. The highest BCUT2D eigenvalue weighted by Crippen LogP contribution is 2.20. The number of nitrogens with two attached hydrogens (primary N) is 1. The first-order chi connectivity index (χ1) is 17.4. The summed E-state index contributed by atoms with van der Waals surface area (Å²) in [5.41, 5.74) is 7.04. The molecule has 0 aromatic heterocycles. The van der Waals surface area contributed by atoms with Crippen molar-refractivity contribution in [3.8, 4) is 0 Å². The van der Waals surface area contributed by atoms with Crippen molar-refractivity contribution < 1.29 is 24.6 Å². The van der Waals surface area contributed by atoms with Crippen LogP contribution in [0.4, 0.5) is 4.79 Å². The number of nitrogens with one attached hydrogen (secondary N) is 1. The van der Waals surface area contributed by atoms with E-state index in [1.807, 2.05) is 36.4 Å². The standard InChI is InChI=1S/C27H36N4O5.ClH/c28-15-7-8-16-30(27(36)31-17-9-14-23(31)26(34)35)19-24(32)22(18-20-10-3-1-4-11-20)29-25(33)21-12-5-2-6-13-21;/h1-6,10-13,22-24,32H,7-9,14-19,28H2,(H,29,33)(H,34,35);1H/t22?,23-,24?;/m0./s1. The molecule has 1 saturated heterocycles. The lowest BCUT2D eigenvalue weighted by atomic mass is 10.00. The molecule has 3 rings (SSSR count). The van der Waals surface area contributed by atoms with Crippen molar-refractivity contribution in [2.75, 3.05) is 26.2 Å². The van der Waals surface area contributed by atoms with Crippen LogP contribution in [0.1, 0.15) is 41.6 Å². The molecule has 202 valence electrons. The number of halogens is 1. The third-order valence-electron chi connectivity index (χ3n) is 6.46. The number of urea groups is 1. The van der Waals surface area contributed by atoms with Gasteiger partial charge in [0.1, 0.15) is 6.04 Å². The van der Waals surface area contributed by atoms with E-state index in [0.717, 1.165) is 5.56 Å². The molecule has 1 heterocycles. The van der Waals surface area contributed by atoms with E-state index in [2.05, 4.69) is 5.32 Å². The van der Waals surface area contributed by atoms with E-state index in [1.165, 1.54) is 9.80 Å². The van der Waals surface area contributed by atoms with E-state index in [1.54, 1.807) is 24.3 Å². The Labute approximate surface area is 224 Å². The predicted molar refractivity (Wildman–Crippen MR) is 144 cm³/mol. The van der Waals surface area contributed by atoms with Gasteiger partial charge in [-0.1, -0.05) is 48.5 Å². The van der Waals surface area contributed by atoms with Crippen LogP contribution >= 0.6 is 12.4 Å². The van der Waals surface area contributed by atoms with Gasteiger partial charge in [0.15, 0.2) is 0 Å². The molecular weight excluding hydrogens is 496 g/mol. The molecule has 2 aromatic carbocycles. The monoisotopic (exact) mass is 532 g/mol. The van der Waals surface area contributed by atoms with Crippen LogP contribution in [0.25, 0.3) is 0 Å². The van der Waals surface area contributed by atoms with Crippen molar-refractivity contribution in [3.05, 3.63) is 71.8 Å². The van der Waals surface area contributed by atoms with Crippen molar-refractivity contribution in [2.45, 2.75) is 50.3 Å². The zero-order valence-corrected chi connectivity index (χ0v) is 21.7. The van der Waals surface area contributed by atoms with Crippen molar-refractivity contribution >= 4 is 30.3 Å². The molecule has 0 radical (unpaired) electrons. The Morgan fingerprint density at radius 1 is 1.05 bits per heavy atom. The highest BCUT2D eigenvalue weighted by molar-refractivity contribution is 5.94. The van der Waals surface area contributed by atoms with Crippen molar-refractivity contribution in [1.29, 1.82) is 0 Å². The summed E-state index contributed by atoms with van der Waals surface area (Å²) in [6.45, 7) is 1.12.